The Kier molecular flexibility index (Phi) is 5.20. The highest BCUT2D eigenvalue weighted by molar-refractivity contribution is 6.30. The second-order valence-corrected chi connectivity index (χ2v) is 7.61. The lowest BCUT2D eigenvalue weighted by atomic mass is 9.99. The highest BCUT2D eigenvalue weighted by Crippen LogP contribution is 2.35. The number of ether oxygens (including phenoxy) is 1. The van der Waals surface area contributed by atoms with E-state index in [0.717, 1.165) is 12.8 Å². The van der Waals surface area contributed by atoms with E-state index in [-0.39, 0.29) is 23.7 Å². The van der Waals surface area contributed by atoms with Gasteiger partial charge >= 0.3 is 6.61 Å². The van der Waals surface area contributed by atoms with Gasteiger partial charge in [-0.1, -0.05) is 16.8 Å². The van der Waals surface area contributed by atoms with Gasteiger partial charge in [-0.25, -0.2) is 4.68 Å². The number of carbonyl (C=O) groups is 1. The molecule has 2 aromatic rings. The molecule has 4 rings (SSSR count). The number of hydrogen-bond donors (Lipinski definition) is 1. The molecular weight excluding hydrogens is 392 g/mol. The van der Waals surface area contributed by atoms with Gasteiger partial charge in [0.05, 0.1) is 18.3 Å². The maximum Gasteiger partial charge on any atom is 0.387 e. The molecule has 150 valence electrons. The van der Waals surface area contributed by atoms with Crippen molar-refractivity contribution in [3.05, 3.63) is 40.7 Å². The lowest BCUT2D eigenvalue weighted by Gasteiger charge is -2.43. The molecule has 2 heterocycles. The van der Waals surface area contributed by atoms with Gasteiger partial charge in [-0.3, -0.25) is 9.69 Å². The summed E-state index contributed by atoms with van der Waals surface area (Å²) in [6.45, 7) is 0.164. The van der Waals surface area contributed by atoms with Crippen LogP contribution in [0.3, 0.4) is 0 Å². The summed E-state index contributed by atoms with van der Waals surface area (Å²) in [5.74, 6) is -0.148. The van der Waals surface area contributed by atoms with E-state index in [1.807, 2.05) is 6.92 Å². The van der Waals surface area contributed by atoms with Gasteiger partial charge in [0, 0.05) is 29.7 Å². The van der Waals surface area contributed by atoms with E-state index >= 15 is 0 Å². The van der Waals surface area contributed by atoms with Gasteiger partial charge in [-0.2, -0.15) is 8.78 Å². The van der Waals surface area contributed by atoms with Crippen LogP contribution in [0.1, 0.15) is 47.9 Å². The van der Waals surface area contributed by atoms with Crippen molar-refractivity contribution in [1.82, 2.24) is 25.2 Å². The first-order valence-electron chi connectivity index (χ1n) is 9.11. The summed E-state index contributed by atoms with van der Waals surface area (Å²) in [5.41, 5.74) is 0.894. The number of alkyl halides is 2. The summed E-state index contributed by atoms with van der Waals surface area (Å²) in [7, 11) is 0. The Bertz CT molecular complexity index is 867. The minimum absolute atomic E-state index is 0.0420. The SMILES string of the molecule is CC(c1cc(Cl)ccc1OC(F)F)N1CC(NC(=O)c2cn(C3CC3)nn2)C1. The third kappa shape index (κ3) is 4.10. The van der Waals surface area contributed by atoms with E-state index in [1.165, 1.54) is 12.1 Å². The second kappa shape index (κ2) is 7.63. The molecule has 1 unspecified atom stereocenters. The summed E-state index contributed by atoms with van der Waals surface area (Å²) in [5, 5.41) is 11.3. The topological polar surface area (TPSA) is 72.3 Å². The fourth-order valence-corrected chi connectivity index (χ4v) is 3.50. The Hall–Kier alpha value is -2.26. The summed E-state index contributed by atoms with van der Waals surface area (Å²) < 4.78 is 31.6. The molecule has 7 nitrogen and oxygen atoms in total. The molecule has 1 aromatic heterocycles. The Balaban J connectivity index is 1.34. The van der Waals surface area contributed by atoms with Crippen molar-refractivity contribution in [3.63, 3.8) is 0 Å². The number of benzene rings is 1. The lowest BCUT2D eigenvalue weighted by molar-refractivity contribution is -0.0515. The van der Waals surface area contributed by atoms with Crippen LogP contribution in [0.5, 0.6) is 5.75 Å². The molecular formula is C18H20ClF2N5O2. The largest absolute Gasteiger partial charge is 0.434 e. The fourth-order valence-electron chi connectivity index (χ4n) is 3.32. The number of aromatic nitrogens is 3. The van der Waals surface area contributed by atoms with E-state index in [2.05, 4.69) is 25.3 Å². The van der Waals surface area contributed by atoms with Crippen LogP contribution in [-0.2, 0) is 0 Å². The number of rotatable bonds is 7. The van der Waals surface area contributed by atoms with Gasteiger partial charge in [0.2, 0.25) is 0 Å². The molecule has 0 bridgehead atoms. The van der Waals surface area contributed by atoms with E-state index in [0.29, 0.717) is 35.4 Å². The summed E-state index contributed by atoms with van der Waals surface area (Å²) in [4.78, 5) is 14.4. The van der Waals surface area contributed by atoms with E-state index < -0.39 is 6.61 Å². The highest BCUT2D eigenvalue weighted by Gasteiger charge is 2.34. The molecule has 1 aliphatic carbocycles. The Morgan fingerprint density at radius 1 is 1.36 bits per heavy atom. The van der Waals surface area contributed by atoms with Crippen LogP contribution in [0.2, 0.25) is 5.02 Å². The molecule has 1 aromatic carbocycles. The van der Waals surface area contributed by atoms with Crippen molar-refractivity contribution < 1.29 is 18.3 Å². The highest BCUT2D eigenvalue weighted by atomic mass is 35.5. The molecule has 2 aliphatic rings. The van der Waals surface area contributed by atoms with Crippen molar-refractivity contribution in [3.8, 4) is 5.75 Å². The molecule has 1 atom stereocenters. The van der Waals surface area contributed by atoms with Crippen LogP contribution < -0.4 is 10.1 Å². The molecule has 0 spiro atoms. The normalized spacial score (nSPS) is 18.8. The minimum Gasteiger partial charge on any atom is -0.434 e. The number of hydrogen-bond acceptors (Lipinski definition) is 5. The standard InChI is InChI=1S/C18H20ClF2N5O2/c1-10(14-6-11(19)2-5-16(14)28-18(20)21)25-7-12(8-25)22-17(27)15-9-26(24-23-15)13-3-4-13/h2,5-6,9-10,12-13,18H,3-4,7-8H2,1H3,(H,22,27). The summed E-state index contributed by atoms with van der Waals surface area (Å²) in [6, 6.07) is 4.74. The third-order valence-corrected chi connectivity index (χ3v) is 5.33. The van der Waals surface area contributed by atoms with Crippen LogP contribution in [0.4, 0.5) is 8.78 Å². The number of amides is 1. The quantitative estimate of drug-likeness (QED) is 0.758. The van der Waals surface area contributed by atoms with Gasteiger partial charge in [-0.05, 0) is 38.0 Å². The summed E-state index contributed by atoms with van der Waals surface area (Å²) in [6.07, 6.45) is 3.81. The lowest BCUT2D eigenvalue weighted by Crippen LogP contribution is -2.59. The van der Waals surface area contributed by atoms with Crippen molar-refractivity contribution in [2.24, 2.45) is 0 Å². The second-order valence-electron chi connectivity index (χ2n) is 7.18. The first-order valence-corrected chi connectivity index (χ1v) is 9.49. The van der Waals surface area contributed by atoms with Crippen LogP contribution in [0.15, 0.2) is 24.4 Å². The van der Waals surface area contributed by atoms with Crippen LogP contribution >= 0.6 is 11.6 Å². The van der Waals surface area contributed by atoms with Crippen molar-refractivity contribution in [2.75, 3.05) is 13.1 Å². The van der Waals surface area contributed by atoms with Gasteiger partial charge in [0.1, 0.15) is 5.75 Å². The molecule has 1 amide bonds. The molecule has 0 radical (unpaired) electrons. The zero-order valence-electron chi connectivity index (χ0n) is 15.2. The van der Waals surface area contributed by atoms with Gasteiger partial charge in [0.15, 0.2) is 5.69 Å². The van der Waals surface area contributed by atoms with Crippen LogP contribution in [-0.4, -0.2) is 51.5 Å². The minimum atomic E-state index is -2.90. The maximum atomic E-state index is 12.7. The van der Waals surface area contributed by atoms with Gasteiger partial charge in [0.25, 0.3) is 5.91 Å². The molecule has 10 heteroatoms. The number of nitrogens with one attached hydrogen (secondary N) is 1. The smallest absolute Gasteiger partial charge is 0.387 e. The van der Waals surface area contributed by atoms with Crippen molar-refractivity contribution in [2.45, 2.75) is 44.5 Å². The maximum absolute atomic E-state index is 12.7. The van der Waals surface area contributed by atoms with E-state index in [1.54, 1.807) is 16.9 Å². The fraction of sp³-hybridized carbons (Fsp3) is 0.500. The average molecular weight is 412 g/mol. The molecule has 2 fully saturated rings. The Morgan fingerprint density at radius 2 is 2.11 bits per heavy atom. The van der Waals surface area contributed by atoms with Gasteiger partial charge < -0.3 is 10.1 Å². The van der Waals surface area contributed by atoms with Crippen molar-refractivity contribution in [1.29, 1.82) is 0 Å². The molecule has 1 N–H and O–H groups in total. The molecule has 1 saturated carbocycles. The van der Waals surface area contributed by atoms with E-state index in [4.69, 9.17) is 11.6 Å². The Labute approximate surface area is 165 Å². The molecule has 28 heavy (non-hydrogen) atoms. The van der Waals surface area contributed by atoms with Crippen molar-refractivity contribution >= 4 is 17.5 Å². The number of halogens is 3. The average Bonchev–Trinajstić information content (AvgIpc) is 3.35. The number of carbonyl (C=O) groups excluding carboxylic acids is 1. The zero-order valence-corrected chi connectivity index (χ0v) is 15.9. The zero-order chi connectivity index (χ0) is 19.8. The molecule has 1 saturated heterocycles. The van der Waals surface area contributed by atoms with E-state index in [9.17, 15) is 13.6 Å². The summed E-state index contributed by atoms with van der Waals surface area (Å²) >= 11 is 6.02. The first-order chi connectivity index (χ1) is 13.4. The van der Waals surface area contributed by atoms with Crippen LogP contribution in [0.25, 0.3) is 0 Å². The van der Waals surface area contributed by atoms with Gasteiger partial charge in [-0.15, -0.1) is 5.10 Å². The first kappa shape index (κ1) is 19.1. The molecule has 1 aliphatic heterocycles. The number of likely N-dealkylation sites (tertiary alicyclic amines) is 1. The van der Waals surface area contributed by atoms with Crippen LogP contribution in [0, 0.1) is 0 Å². The monoisotopic (exact) mass is 411 g/mol. The predicted molar refractivity (Wildman–Crippen MR) is 97.6 cm³/mol. The number of nitrogens with zero attached hydrogens (tertiary/aromatic N) is 4. The third-order valence-electron chi connectivity index (χ3n) is 5.09. The Morgan fingerprint density at radius 3 is 2.79 bits per heavy atom. The predicted octanol–water partition coefficient (Wildman–Crippen LogP) is 3.04.